The minimum atomic E-state index is -1.04. The highest BCUT2D eigenvalue weighted by Gasteiger charge is 2.51. The van der Waals surface area contributed by atoms with Gasteiger partial charge in [0.2, 0.25) is 0 Å². The highest BCUT2D eigenvalue weighted by Crippen LogP contribution is 2.51. The van der Waals surface area contributed by atoms with Crippen molar-refractivity contribution in [3.8, 4) is 0 Å². The number of ether oxygens (including phenoxy) is 2. The fraction of sp³-hybridized carbons (Fsp3) is 0.968. The quantitative estimate of drug-likeness (QED) is 0.0774. The van der Waals surface area contributed by atoms with Gasteiger partial charge in [0.05, 0.1) is 0 Å². The van der Waals surface area contributed by atoms with Crippen molar-refractivity contribution in [3.63, 3.8) is 0 Å². The lowest BCUT2D eigenvalue weighted by atomic mass is 9.61. The largest absolute Gasteiger partial charge is 0.511 e. The first kappa shape index (κ1) is 33.2. The second kappa shape index (κ2) is 18.4. The minimum absolute atomic E-state index is 0.0225. The van der Waals surface area contributed by atoms with Crippen LogP contribution in [0.1, 0.15) is 170 Å². The zero-order valence-corrected chi connectivity index (χ0v) is 24.9. The van der Waals surface area contributed by atoms with Crippen molar-refractivity contribution in [1.82, 2.24) is 0 Å². The minimum Gasteiger partial charge on any atom is -0.427 e. The van der Waals surface area contributed by atoms with E-state index in [-0.39, 0.29) is 12.0 Å². The van der Waals surface area contributed by atoms with Gasteiger partial charge >= 0.3 is 6.16 Å². The van der Waals surface area contributed by atoms with Gasteiger partial charge in [-0.25, -0.2) is 9.68 Å². The Bertz CT molecular complexity index is 528. The highest BCUT2D eigenvalue weighted by molar-refractivity contribution is 5.61. The molecule has 214 valence electrons. The maximum atomic E-state index is 13.2. The van der Waals surface area contributed by atoms with Crippen molar-refractivity contribution >= 4 is 6.16 Å². The molecule has 0 bridgehead atoms. The van der Waals surface area contributed by atoms with E-state index in [1.165, 1.54) is 96.3 Å². The summed E-state index contributed by atoms with van der Waals surface area (Å²) in [6, 6.07) is 0. The number of carbonyl (C=O) groups is 1. The number of rotatable bonds is 23. The highest BCUT2D eigenvalue weighted by atomic mass is 17.3. The molecule has 0 N–H and O–H groups in total. The molecule has 0 aliphatic carbocycles. The first-order valence-corrected chi connectivity index (χ1v) is 15.5. The third kappa shape index (κ3) is 11.7. The molecule has 0 radical (unpaired) electrons. The zero-order chi connectivity index (χ0) is 26.8. The molecule has 2 atom stereocenters. The van der Waals surface area contributed by atoms with E-state index >= 15 is 0 Å². The van der Waals surface area contributed by atoms with Crippen molar-refractivity contribution in [1.29, 1.82) is 0 Å². The molecular weight excluding hydrogens is 452 g/mol. The Balaban J connectivity index is 3.22. The van der Waals surface area contributed by atoms with E-state index in [1.54, 1.807) is 6.92 Å². The van der Waals surface area contributed by atoms with Crippen LogP contribution in [-0.4, -0.2) is 24.2 Å². The summed E-state index contributed by atoms with van der Waals surface area (Å²) in [7, 11) is 0. The van der Waals surface area contributed by atoms with Crippen LogP contribution in [0.2, 0.25) is 0 Å². The van der Waals surface area contributed by atoms with E-state index in [1.807, 2.05) is 0 Å². The molecule has 1 fully saturated rings. The van der Waals surface area contributed by atoms with Crippen LogP contribution >= 0.6 is 0 Å². The van der Waals surface area contributed by atoms with Crippen LogP contribution in [0.15, 0.2) is 0 Å². The van der Waals surface area contributed by atoms with Gasteiger partial charge in [0, 0.05) is 12.3 Å². The molecule has 1 rings (SSSR count). The first-order valence-electron chi connectivity index (χ1n) is 15.5. The summed E-state index contributed by atoms with van der Waals surface area (Å²) in [5.41, 5.74) is -0.575. The van der Waals surface area contributed by atoms with E-state index < -0.39 is 17.5 Å². The predicted octanol–water partition coefficient (Wildman–Crippen LogP) is 10.4. The maximum Gasteiger partial charge on any atom is 0.511 e. The van der Waals surface area contributed by atoms with Crippen LogP contribution in [0.4, 0.5) is 4.79 Å². The summed E-state index contributed by atoms with van der Waals surface area (Å²) in [4.78, 5) is 23.0. The van der Waals surface area contributed by atoms with Crippen molar-refractivity contribution in [3.05, 3.63) is 0 Å². The molecule has 0 amide bonds. The third-order valence-corrected chi connectivity index (χ3v) is 8.32. The fourth-order valence-corrected chi connectivity index (χ4v) is 5.80. The molecule has 0 spiro atoms. The van der Waals surface area contributed by atoms with Crippen molar-refractivity contribution in [2.75, 3.05) is 6.61 Å². The molecule has 5 nitrogen and oxygen atoms in total. The monoisotopic (exact) mass is 512 g/mol. The van der Waals surface area contributed by atoms with Gasteiger partial charge in [-0.3, -0.25) is 0 Å². The molecule has 1 saturated heterocycles. The SMILES string of the molecule is CCCCCCC(CCCCCC)(CCCCCC)C(C)(CCCCCC)OC(=O)OC1(C)COO1. The lowest BCUT2D eigenvalue weighted by molar-refractivity contribution is -0.522. The standard InChI is InChI=1S/C31H60O5/c1-7-11-15-19-23-29(5,34-28(32)35-30(6)27-33-36-30)31(24-20-16-12-8-2,25-21-17-13-9-3)26-22-18-14-10-4/h7-27H2,1-6H3. The molecule has 0 aromatic heterocycles. The molecule has 1 heterocycles. The van der Waals surface area contributed by atoms with Gasteiger partial charge in [0.1, 0.15) is 5.60 Å². The second-order valence-electron chi connectivity index (χ2n) is 11.7. The van der Waals surface area contributed by atoms with E-state index in [0.717, 1.165) is 32.1 Å². The lowest BCUT2D eigenvalue weighted by Crippen LogP contribution is -2.53. The lowest BCUT2D eigenvalue weighted by Gasteiger charge is -2.49. The Hall–Kier alpha value is -0.810. The molecule has 2 unspecified atom stereocenters. The summed E-state index contributed by atoms with van der Waals surface area (Å²) in [6.45, 7) is 13.2. The molecule has 0 aromatic rings. The average molecular weight is 513 g/mol. The topological polar surface area (TPSA) is 54.0 Å². The third-order valence-electron chi connectivity index (χ3n) is 8.32. The fourth-order valence-electron chi connectivity index (χ4n) is 5.80. The van der Waals surface area contributed by atoms with Gasteiger partial charge in [-0.15, -0.1) is 0 Å². The van der Waals surface area contributed by atoms with Gasteiger partial charge in [-0.05, 0) is 39.0 Å². The first-order chi connectivity index (χ1) is 17.3. The Labute approximate surface area is 223 Å². The van der Waals surface area contributed by atoms with E-state index in [2.05, 4.69) is 34.6 Å². The summed E-state index contributed by atoms with van der Waals surface area (Å²) in [5.74, 6) is -1.04. The van der Waals surface area contributed by atoms with Crippen LogP contribution in [-0.2, 0) is 19.2 Å². The van der Waals surface area contributed by atoms with Crippen LogP contribution < -0.4 is 0 Å². The zero-order valence-electron chi connectivity index (χ0n) is 24.9. The van der Waals surface area contributed by atoms with E-state index in [0.29, 0.717) is 0 Å². The summed E-state index contributed by atoms with van der Waals surface area (Å²) in [6.07, 6.45) is 23.2. The molecule has 0 saturated carbocycles. The van der Waals surface area contributed by atoms with Crippen LogP contribution in [0.3, 0.4) is 0 Å². The summed E-state index contributed by atoms with van der Waals surface area (Å²) >= 11 is 0. The van der Waals surface area contributed by atoms with Crippen molar-refractivity contribution < 1.29 is 24.0 Å². The van der Waals surface area contributed by atoms with Crippen LogP contribution in [0.5, 0.6) is 0 Å². The second-order valence-corrected chi connectivity index (χ2v) is 11.7. The molecular formula is C31H60O5. The van der Waals surface area contributed by atoms with Crippen molar-refractivity contribution in [2.45, 2.75) is 181 Å². The number of carbonyl (C=O) groups excluding carboxylic acids is 1. The molecule has 1 aliphatic heterocycles. The molecule has 0 aromatic carbocycles. The number of hydrogen-bond donors (Lipinski definition) is 0. The van der Waals surface area contributed by atoms with E-state index in [4.69, 9.17) is 19.2 Å². The van der Waals surface area contributed by atoms with Gasteiger partial charge in [-0.1, -0.05) is 124 Å². The molecule has 36 heavy (non-hydrogen) atoms. The van der Waals surface area contributed by atoms with Crippen LogP contribution in [0, 0.1) is 5.41 Å². The van der Waals surface area contributed by atoms with Gasteiger partial charge < -0.3 is 9.47 Å². The average Bonchev–Trinajstić information content (AvgIpc) is 2.83. The molecule has 1 aliphatic rings. The Morgan fingerprint density at radius 1 is 0.694 bits per heavy atom. The van der Waals surface area contributed by atoms with Gasteiger partial charge in [0.15, 0.2) is 6.61 Å². The normalized spacial score (nSPS) is 19.5. The van der Waals surface area contributed by atoms with Crippen molar-refractivity contribution in [2.24, 2.45) is 5.41 Å². The van der Waals surface area contributed by atoms with Gasteiger partial charge in [0.25, 0.3) is 5.79 Å². The smallest absolute Gasteiger partial charge is 0.427 e. The summed E-state index contributed by atoms with van der Waals surface area (Å²) < 4.78 is 12.0. The van der Waals surface area contributed by atoms with Crippen LogP contribution in [0.25, 0.3) is 0 Å². The summed E-state index contributed by atoms with van der Waals surface area (Å²) in [5, 5.41) is 0. The molecule has 5 heteroatoms. The number of unbranched alkanes of at least 4 members (excludes halogenated alkanes) is 12. The Morgan fingerprint density at radius 3 is 1.42 bits per heavy atom. The van der Waals surface area contributed by atoms with E-state index in [9.17, 15) is 4.79 Å². The predicted molar refractivity (Wildman–Crippen MR) is 149 cm³/mol. The maximum absolute atomic E-state index is 13.2. The Morgan fingerprint density at radius 2 is 1.08 bits per heavy atom. The Kier molecular flexibility index (Phi) is 17.0. The van der Waals surface area contributed by atoms with Gasteiger partial charge in [-0.2, -0.15) is 4.89 Å². The number of hydrogen-bond acceptors (Lipinski definition) is 5.